The molecule has 0 rings (SSSR count). The molecule has 1 amide bonds. The Hall–Kier alpha value is -0.990. The van der Waals surface area contributed by atoms with Crippen LogP contribution in [0.25, 0.3) is 0 Å². The van der Waals surface area contributed by atoms with Crippen molar-refractivity contribution in [1.29, 1.82) is 0 Å². The predicted molar refractivity (Wildman–Crippen MR) is 25.6 cm³/mol. The maximum Gasteiger partial charge on any atom is 0.213 e. The second-order valence-electron chi connectivity index (χ2n) is 1.07. The van der Waals surface area contributed by atoms with Crippen molar-refractivity contribution >= 4 is 6.41 Å². The number of hydrogen-bond donors (Lipinski definition) is 1. The van der Waals surface area contributed by atoms with Gasteiger partial charge in [-0.2, -0.15) is 0 Å². The number of amides is 1. The molecule has 0 saturated heterocycles. The van der Waals surface area contributed by atoms with Gasteiger partial charge in [-0.1, -0.05) is 0 Å². The number of carbonyl (C=O) groups is 1. The topological polar surface area (TPSA) is 40.5 Å². The molecule has 0 aromatic rings. The van der Waals surface area contributed by atoms with Crippen LogP contribution in [-0.4, -0.2) is 23.5 Å². The fourth-order valence-electron chi connectivity index (χ4n) is 0.140. The van der Waals surface area contributed by atoms with Crippen LogP contribution in [0.2, 0.25) is 0 Å². The molecule has 0 aliphatic rings. The van der Waals surface area contributed by atoms with Gasteiger partial charge in [0.15, 0.2) is 0 Å². The Kier molecular flexibility index (Phi) is 2.76. The van der Waals surface area contributed by atoms with Crippen molar-refractivity contribution in [3.05, 3.63) is 12.5 Å². The molecule has 0 aromatic heterocycles. The lowest BCUT2D eigenvalue weighted by Crippen LogP contribution is -2.05. The minimum atomic E-state index is 0.590. The van der Waals surface area contributed by atoms with Gasteiger partial charge in [0.1, 0.15) is 0 Å². The van der Waals surface area contributed by atoms with Crippen LogP contribution in [0.1, 0.15) is 0 Å². The van der Waals surface area contributed by atoms with Crippen LogP contribution in [0.5, 0.6) is 0 Å². The molecule has 1 N–H and O–H groups in total. The minimum absolute atomic E-state index is 0.590. The van der Waals surface area contributed by atoms with E-state index in [2.05, 4.69) is 0 Å². The molecule has 0 aliphatic heterocycles. The largest absolute Gasteiger partial charge is 0.514 e. The number of carbonyl (C=O) groups excluding carboxylic acids is 1. The van der Waals surface area contributed by atoms with E-state index in [-0.39, 0.29) is 0 Å². The molecule has 0 atom stereocenters. The Balaban J connectivity index is 3.35. The lowest BCUT2D eigenvalue weighted by molar-refractivity contribution is -0.115. The van der Waals surface area contributed by atoms with Gasteiger partial charge in [0, 0.05) is 13.2 Å². The van der Waals surface area contributed by atoms with Crippen molar-refractivity contribution in [2.45, 2.75) is 0 Å². The van der Waals surface area contributed by atoms with Crippen molar-refractivity contribution in [1.82, 2.24) is 4.90 Å². The second-order valence-corrected chi connectivity index (χ2v) is 1.07. The third-order valence-corrected chi connectivity index (χ3v) is 0.468. The van der Waals surface area contributed by atoms with Crippen LogP contribution < -0.4 is 0 Å². The summed E-state index contributed by atoms with van der Waals surface area (Å²) in [5.74, 6) is 0. The van der Waals surface area contributed by atoms with E-state index in [1.165, 1.54) is 18.1 Å². The first-order valence-electron chi connectivity index (χ1n) is 1.79. The summed E-state index contributed by atoms with van der Waals surface area (Å²) in [5.41, 5.74) is 0. The highest BCUT2D eigenvalue weighted by molar-refractivity contribution is 5.47. The van der Waals surface area contributed by atoms with Crippen molar-refractivity contribution in [2.75, 3.05) is 7.05 Å². The number of nitrogens with zero attached hydrogens (tertiary/aromatic N) is 1. The van der Waals surface area contributed by atoms with Crippen molar-refractivity contribution in [3.8, 4) is 0 Å². The summed E-state index contributed by atoms with van der Waals surface area (Å²) >= 11 is 0. The lowest BCUT2D eigenvalue weighted by Gasteiger charge is -1.97. The van der Waals surface area contributed by atoms with Crippen LogP contribution in [-0.2, 0) is 4.79 Å². The fourth-order valence-corrected chi connectivity index (χ4v) is 0.140. The van der Waals surface area contributed by atoms with Gasteiger partial charge in [0.25, 0.3) is 0 Å². The van der Waals surface area contributed by atoms with Gasteiger partial charge in [0.2, 0.25) is 6.41 Å². The summed E-state index contributed by atoms with van der Waals surface area (Å²) < 4.78 is 0. The van der Waals surface area contributed by atoms with E-state index in [0.717, 1.165) is 6.26 Å². The monoisotopic (exact) mass is 101 g/mol. The van der Waals surface area contributed by atoms with E-state index in [1.807, 2.05) is 0 Å². The fraction of sp³-hybridized carbons (Fsp3) is 0.250. The molecule has 3 nitrogen and oxygen atoms in total. The van der Waals surface area contributed by atoms with Crippen molar-refractivity contribution < 1.29 is 9.90 Å². The third-order valence-electron chi connectivity index (χ3n) is 0.468. The van der Waals surface area contributed by atoms with Gasteiger partial charge in [-0.15, -0.1) is 0 Å². The molecule has 0 fully saturated rings. The summed E-state index contributed by atoms with van der Waals surface area (Å²) in [6, 6.07) is 0. The highest BCUT2D eigenvalue weighted by atomic mass is 16.2. The van der Waals surface area contributed by atoms with Crippen molar-refractivity contribution in [2.24, 2.45) is 0 Å². The highest BCUT2D eigenvalue weighted by Gasteiger charge is 1.77. The van der Waals surface area contributed by atoms with Crippen molar-refractivity contribution in [3.63, 3.8) is 0 Å². The summed E-state index contributed by atoms with van der Waals surface area (Å²) in [4.78, 5) is 10.9. The molecule has 0 heterocycles. The van der Waals surface area contributed by atoms with Gasteiger partial charge < -0.3 is 10.0 Å². The Morgan fingerprint density at radius 3 is 2.43 bits per heavy atom. The minimum Gasteiger partial charge on any atom is -0.514 e. The quantitative estimate of drug-likeness (QED) is 0.396. The number of aliphatic hydroxyl groups is 1. The van der Waals surface area contributed by atoms with Gasteiger partial charge in [-0.3, -0.25) is 4.79 Å². The SMILES string of the molecule is CN(C=O)C=CO. The number of rotatable bonds is 2. The zero-order valence-corrected chi connectivity index (χ0v) is 4.03. The molecule has 3 heteroatoms. The molecule has 7 heavy (non-hydrogen) atoms. The molecular formula is C4H7NO2. The Labute approximate surface area is 41.9 Å². The molecule has 0 bridgehead atoms. The smallest absolute Gasteiger partial charge is 0.213 e. The lowest BCUT2D eigenvalue weighted by atomic mass is 10.8. The average molecular weight is 101 g/mol. The van der Waals surface area contributed by atoms with E-state index in [1.54, 1.807) is 0 Å². The normalized spacial score (nSPS) is 9.29. The highest BCUT2D eigenvalue weighted by Crippen LogP contribution is 1.71. The second kappa shape index (κ2) is 3.21. The first-order valence-corrected chi connectivity index (χ1v) is 1.79. The molecule has 0 saturated carbocycles. The summed E-state index contributed by atoms with van der Waals surface area (Å²) in [5, 5.41) is 7.99. The first kappa shape index (κ1) is 6.01. The summed E-state index contributed by atoms with van der Waals surface area (Å²) in [6.07, 6.45) is 2.63. The molecule has 0 aromatic carbocycles. The first-order chi connectivity index (χ1) is 3.31. The molecule has 0 spiro atoms. The molecule has 40 valence electrons. The Morgan fingerprint density at radius 1 is 1.71 bits per heavy atom. The van der Waals surface area contributed by atoms with E-state index in [9.17, 15) is 4.79 Å². The molecule has 0 aliphatic carbocycles. The van der Waals surface area contributed by atoms with Crippen LogP contribution in [0.4, 0.5) is 0 Å². The molecule has 0 radical (unpaired) electrons. The zero-order valence-electron chi connectivity index (χ0n) is 4.03. The number of hydrogen-bond acceptors (Lipinski definition) is 2. The molecule has 0 unspecified atom stereocenters. The maximum atomic E-state index is 9.66. The van der Waals surface area contributed by atoms with Gasteiger partial charge in [-0.25, -0.2) is 0 Å². The molecular weight excluding hydrogens is 94.0 g/mol. The van der Waals surface area contributed by atoms with Crippen LogP contribution in [0.3, 0.4) is 0 Å². The maximum absolute atomic E-state index is 9.66. The van der Waals surface area contributed by atoms with Gasteiger partial charge in [-0.05, 0) is 0 Å². The zero-order chi connectivity index (χ0) is 5.70. The average Bonchev–Trinajstić information content (AvgIpc) is 1.68. The van der Waals surface area contributed by atoms with E-state index >= 15 is 0 Å². The Bertz CT molecular complexity index is 79.8. The predicted octanol–water partition coefficient (Wildman–Crippen LogP) is 0.104. The van der Waals surface area contributed by atoms with Gasteiger partial charge >= 0.3 is 0 Å². The standard InChI is InChI=1S/C4H7NO2/c1-5(4-7)2-3-6/h2-4,6H,1H3. The summed E-state index contributed by atoms with van der Waals surface area (Å²) in [6.45, 7) is 0. The van der Waals surface area contributed by atoms with Crippen LogP contribution >= 0.6 is 0 Å². The van der Waals surface area contributed by atoms with Gasteiger partial charge in [0.05, 0.1) is 6.26 Å². The van der Waals surface area contributed by atoms with E-state index in [0.29, 0.717) is 6.41 Å². The van der Waals surface area contributed by atoms with E-state index < -0.39 is 0 Å². The summed E-state index contributed by atoms with van der Waals surface area (Å²) in [7, 11) is 1.53. The van der Waals surface area contributed by atoms with Crippen LogP contribution in [0.15, 0.2) is 12.5 Å². The number of aliphatic hydroxyl groups excluding tert-OH is 1. The Morgan fingerprint density at radius 2 is 2.29 bits per heavy atom. The van der Waals surface area contributed by atoms with E-state index in [4.69, 9.17) is 5.11 Å². The third kappa shape index (κ3) is 2.82. The van der Waals surface area contributed by atoms with Crippen LogP contribution in [0, 0.1) is 0 Å².